The van der Waals surface area contributed by atoms with Gasteiger partial charge in [0.2, 0.25) is 0 Å². The van der Waals surface area contributed by atoms with Crippen LogP contribution in [0.15, 0.2) is 28.1 Å². The summed E-state index contributed by atoms with van der Waals surface area (Å²) < 4.78 is 3.44. The van der Waals surface area contributed by atoms with Gasteiger partial charge in [-0.2, -0.15) is 0 Å². The highest BCUT2D eigenvalue weighted by atomic mass is 79.9. The maximum Gasteiger partial charge on any atom is 0.137 e. The van der Waals surface area contributed by atoms with Gasteiger partial charge in [0.15, 0.2) is 0 Å². The first-order chi connectivity index (χ1) is 8.75. The number of aryl methyl sites for hydroxylation is 3. The number of rotatable bonds is 0. The third-order valence-corrected chi connectivity index (χ3v) is 5.47. The zero-order valence-corrected chi connectivity index (χ0v) is 12.3. The molecule has 0 aromatic carbocycles. The second kappa shape index (κ2) is 3.68. The number of pyridine rings is 1. The van der Waals surface area contributed by atoms with E-state index in [4.69, 9.17) is 4.98 Å². The Kier molecular flexibility index (Phi) is 2.20. The maximum absolute atomic E-state index is 4.82. The summed E-state index contributed by atoms with van der Waals surface area (Å²) in [6.07, 6.45) is 2.22. The van der Waals surface area contributed by atoms with E-state index in [2.05, 4.69) is 50.8 Å². The molecule has 3 aromatic rings. The van der Waals surface area contributed by atoms with Crippen molar-refractivity contribution in [3.8, 4) is 11.3 Å². The molecule has 0 atom stereocenters. The maximum atomic E-state index is 4.82. The first-order valence-electron chi connectivity index (χ1n) is 5.99. The molecule has 4 rings (SSSR count). The van der Waals surface area contributed by atoms with E-state index < -0.39 is 0 Å². The highest BCUT2D eigenvalue weighted by Gasteiger charge is 2.23. The van der Waals surface area contributed by atoms with Crippen molar-refractivity contribution < 1.29 is 0 Å². The smallest absolute Gasteiger partial charge is 0.137 e. The molecule has 0 saturated carbocycles. The molecular formula is C14H11BrN2S. The van der Waals surface area contributed by atoms with Crippen molar-refractivity contribution in [3.05, 3.63) is 44.3 Å². The van der Waals surface area contributed by atoms with E-state index in [-0.39, 0.29) is 0 Å². The number of fused-ring (bicyclic) bond motifs is 5. The van der Waals surface area contributed by atoms with Crippen molar-refractivity contribution in [2.24, 2.45) is 0 Å². The number of hydrogen-bond donors (Lipinski definition) is 0. The van der Waals surface area contributed by atoms with Crippen LogP contribution in [-0.2, 0) is 12.8 Å². The van der Waals surface area contributed by atoms with Crippen molar-refractivity contribution in [2.75, 3.05) is 0 Å². The Labute approximate surface area is 117 Å². The zero-order valence-electron chi connectivity index (χ0n) is 9.90. The lowest BCUT2D eigenvalue weighted by Crippen LogP contribution is -2.04. The third kappa shape index (κ3) is 1.30. The number of hydrogen-bond acceptors (Lipinski definition) is 2. The van der Waals surface area contributed by atoms with E-state index in [1.807, 2.05) is 11.3 Å². The summed E-state index contributed by atoms with van der Waals surface area (Å²) in [5.74, 6) is 0. The van der Waals surface area contributed by atoms with Crippen LogP contribution in [0.2, 0.25) is 0 Å². The molecule has 3 heterocycles. The molecule has 0 bridgehead atoms. The van der Waals surface area contributed by atoms with Crippen LogP contribution in [0, 0.1) is 6.92 Å². The van der Waals surface area contributed by atoms with Crippen molar-refractivity contribution in [1.29, 1.82) is 0 Å². The Morgan fingerprint density at radius 3 is 3.06 bits per heavy atom. The predicted molar refractivity (Wildman–Crippen MR) is 78.4 cm³/mol. The highest BCUT2D eigenvalue weighted by molar-refractivity contribution is 9.10. The normalized spacial score (nSPS) is 13.7. The minimum absolute atomic E-state index is 1.06. The van der Waals surface area contributed by atoms with Gasteiger partial charge in [-0.15, -0.1) is 11.3 Å². The van der Waals surface area contributed by atoms with Gasteiger partial charge < -0.3 is 0 Å². The van der Waals surface area contributed by atoms with Crippen molar-refractivity contribution in [1.82, 2.24) is 9.38 Å². The molecule has 0 N–H and O–H groups in total. The van der Waals surface area contributed by atoms with Crippen molar-refractivity contribution in [3.63, 3.8) is 0 Å². The van der Waals surface area contributed by atoms with Gasteiger partial charge in [-0.1, -0.05) is 0 Å². The molecular weight excluding hydrogens is 308 g/mol. The predicted octanol–water partition coefficient (Wildman–Crippen LogP) is 4.23. The molecule has 1 aliphatic rings. The Bertz CT molecular complexity index is 770. The Morgan fingerprint density at radius 2 is 2.17 bits per heavy atom. The summed E-state index contributed by atoms with van der Waals surface area (Å²) in [4.78, 5) is 6.29. The fraction of sp³-hybridized carbons (Fsp3) is 0.214. The van der Waals surface area contributed by atoms with Gasteiger partial charge >= 0.3 is 0 Å². The summed E-state index contributed by atoms with van der Waals surface area (Å²) in [6.45, 7) is 2.14. The van der Waals surface area contributed by atoms with Crippen LogP contribution in [-0.4, -0.2) is 9.38 Å². The molecule has 2 nitrogen and oxygen atoms in total. The van der Waals surface area contributed by atoms with Gasteiger partial charge in [0, 0.05) is 20.6 Å². The molecule has 3 aromatic heterocycles. The number of nitrogens with zero attached hydrogens (tertiary/aromatic N) is 2. The van der Waals surface area contributed by atoms with Crippen LogP contribution in [0.5, 0.6) is 0 Å². The fourth-order valence-corrected chi connectivity index (χ4v) is 3.95. The molecule has 0 aliphatic heterocycles. The average Bonchev–Trinajstić information content (AvgIpc) is 2.96. The van der Waals surface area contributed by atoms with Gasteiger partial charge in [0.05, 0.1) is 11.4 Å². The molecule has 4 heteroatoms. The summed E-state index contributed by atoms with van der Waals surface area (Å²) in [6, 6.07) is 6.37. The molecule has 0 unspecified atom stereocenters. The van der Waals surface area contributed by atoms with Gasteiger partial charge in [-0.25, -0.2) is 4.98 Å². The Hall–Kier alpha value is -1.13. The number of imidazole rings is 1. The molecule has 90 valence electrons. The van der Waals surface area contributed by atoms with Crippen molar-refractivity contribution >= 4 is 32.9 Å². The van der Waals surface area contributed by atoms with Crippen LogP contribution < -0.4 is 0 Å². The third-order valence-electron chi connectivity index (χ3n) is 3.65. The molecule has 18 heavy (non-hydrogen) atoms. The SMILES string of the molecule is Cc1c(Br)ccc2nc3c(n12)CCc1sccc1-3. The Morgan fingerprint density at radius 1 is 1.28 bits per heavy atom. The second-order valence-electron chi connectivity index (χ2n) is 4.62. The summed E-state index contributed by atoms with van der Waals surface area (Å²) in [7, 11) is 0. The van der Waals surface area contributed by atoms with Crippen LogP contribution in [0.1, 0.15) is 16.3 Å². The highest BCUT2D eigenvalue weighted by Crippen LogP contribution is 2.37. The lowest BCUT2D eigenvalue weighted by Gasteiger charge is -2.13. The van der Waals surface area contributed by atoms with Crippen molar-refractivity contribution in [2.45, 2.75) is 19.8 Å². The van der Waals surface area contributed by atoms with Crippen LogP contribution in [0.25, 0.3) is 16.9 Å². The zero-order chi connectivity index (χ0) is 12.3. The summed E-state index contributed by atoms with van der Waals surface area (Å²) >= 11 is 5.45. The van der Waals surface area contributed by atoms with Gasteiger partial charge in [0.1, 0.15) is 5.65 Å². The van der Waals surface area contributed by atoms with E-state index >= 15 is 0 Å². The number of halogens is 1. The first-order valence-corrected chi connectivity index (χ1v) is 7.66. The van der Waals surface area contributed by atoms with E-state index in [0.29, 0.717) is 0 Å². The number of aromatic nitrogens is 2. The molecule has 0 fully saturated rings. The first kappa shape index (κ1) is 10.8. The van der Waals surface area contributed by atoms with E-state index in [9.17, 15) is 0 Å². The standard InChI is InChI=1S/C14H11BrN2S/c1-8-10(15)2-5-13-16-14-9-6-7-18-12(9)4-3-11(14)17(8)13/h2,5-7H,3-4H2,1H3. The van der Waals surface area contributed by atoms with Crippen LogP contribution >= 0.6 is 27.3 Å². The van der Waals surface area contributed by atoms with Crippen LogP contribution in [0.3, 0.4) is 0 Å². The Balaban J connectivity index is 2.14. The van der Waals surface area contributed by atoms with E-state index in [0.717, 1.165) is 23.0 Å². The van der Waals surface area contributed by atoms with Gasteiger partial charge in [-0.3, -0.25) is 4.40 Å². The molecule has 0 spiro atoms. The second-order valence-corrected chi connectivity index (χ2v) is 6.48. The van der Waals surface area contributed by atoms with Gasteiger partial charge in [-0.05, 0) is 59.3 Å². The largest absolute Gasteiger partial charge is 0.300 e. The lowest BCUT2D eigenvalue weighted by molar-refractivity contribution is 0.877. The summed E-state index contributed by atoms with van der Waals surface area (Å²) in [5.41, 5.74) is 6.16. The average molecular weight is 319 g/mol. The van der Waals surface area contributed by atoms with E-state index in [1.165, 1.54) is 27.5 Å². The molecule has 1 aliphatic carbocycles. The minimum Gasteiger partial charge on any atom is -0.300 e. The van der Waals surface area contributed by atoms with Crippen LogP contribution in [0.4, 0.5) is 0 Å². The summed E-state index contributed by atoms with van der Waals surface area (Å²) in [5, 5.41) is 2.17. The van der Waals surface area contributed by atoms with E-state index in [1.54, 1.807) is 0 Å². The lowest BCUT2D eigenvalue weighted by atomic mass is 10.00. The minimum atomic E-state index is 1.06. The molecule has 0 amide bonds. The number of thiophene rings is 1. The molecule has 0 radical (unpaired) electrons. The monoisotopic (exact) mass is 318 g/mol. The van der Waals surface area contributed by atoms with Gasteiger partial charge in [0.25, 0.3) is 0 Å². The quantitative estimate of drug-likeness (QED) is 0.606. The fourth-order valence-electron chi connectivity index (χ4n) is 2.76. The topological polar surface area (TPSA) is 17.3 Å². The molecule has 0 saturated heterocycles.